The summed E-state index contributed by atoms with van der Waals surface area (Å²) in [6, 6.07) is 0. The van der Waals surface area contributed by atoms with E-state index < -0.39 is 47.1 Å². The molecular weight excluding hydrogens is 354 g/mol. The smallest absolute Gasteiger partial charge is 0.184 e. The third-order valence-corrected chi connectivity index (χ3v) is 7.65. The zero-order valence-corrected chi connectivity index (χ0v) is 15.4. The minimum atomic E-state index is -2.13. The fourth-order valence-electron chi connectivity index (χ4n) is 6.29. The van der Waals surface area contributed by atoms with Crippen molar-refractivity contribution in [2.75, 3.05) is 6.61 Å². The molecule has 0 heterocycles. The van der Waals surface area contributed by atoms with Gasteiger partial charge in [-0.1, -0.05) is 19.1 Å². The third kappa shape index (κ3) is 2.14. The molecule has 2 fully saturated rings. The second kappa shape index (κ2) is 5.67. The van der Waals surface area contributed by atoms with Crippen molar-refractivity contribution in [3.8, 4) is 0 Å². The Bertz CT molecular complexity index is 815. The van der Waals surface area contributed by atoms with Gasteiger partial charge in [-0.2, -0.15) is 0 Å². The van der Waals surface area contributed by atoms with Crippen LogP contribution in [-0.2, 0) is 9.59 Å². The van der Waals surface area contributed by atoms with Gasteiger partial charge in [-0.25, -0.2) is 8.78 Å². The first-order valence-electron chi connectivity index (χ1n) is 9.40. The topological polar surface area (TPSA) is 74.6 Å². The molecule has 4 aliphatic rings. The number of Topliss-reactive ketones (excluding diaryl/α,β-unsaturated/α-hetero) is 1. The minimum Gasteiger partial charge on any atom is -0.390 e. The Morgan fingerprint density at radius 1 is 1.33 bits per heavy atom. The van der Waals surface area contributed by atoms with Gasteiger partial charge in [0.15, 0.2) is 17.2 Å². The van der Waals surface area contributed by atoms with E-state index in [2.05, 4.69) is 0 Å². The standard InChI is InChI=1S/C21H24F2O4/c1-19-9-18(27)21(23)14(12(19)3-4-13(19)17(26)10-24)8-16(22)15-7-11(25)5-6-20(15,21)2/h4-7,12,14,16,18,24,27H,3,8-10H2,1-2H3/t12?,14?,16-,18-,19-,20-,21-/m0/s1. The van der Waals surface area contributed by atoms with Gasteiger partial charge in [-0.05, 0) is 55.4 Å². The highest BCUT2D eigenvalue weighted by atomic mass is 19.1. The van der Waals surface area contributed by atoms with Crippen molar-refractivity contribution in [2.24, 2.45) is 22.7 Å². The Morgan fingerprint density at radius 3 is 2.70 bits per heavy atom. The van der Waals surface area contributed by atoms with Gasteiger partial charge in [0.1, 0.15) is 12.8 Å². The van der Waals surface area contributed by atoms with E-state index >= 15 is 8.78 Å². The molecule has 0 aromatic rings. The van der Waals surface area contributed by atoms with E-state index in [0.29, 0.717) is 12.0 Å². The minimum absolute atomic E-state index is 0.0177. The van der Waals surface area contributed by atoms with Crippen LogP contribution in [0.15, 0.2) is 35.5 Å². The third-order valence-electron chi connectivity index (χ3n) is 7.65. The second-order valence-corrected chi connectivity index (χ2v) is 8.79. The number of ketones is 2. The molecule has 4 aliphatic carbocycles. The van der Waals surface area contributed by atoms with E-state index in [1.54, 1.807) is 19.9 Å². The van der Waals surface area contributed by atoms with E-state index in [9.17, 15) is 19.8 Å². The highest BCUT2D eigenvalue weighted by Crippen LogP contribution is 2.68. The number of alkyl halides is 2. The van der Waals surface area contributed by atoms with E-state index in [4.69, 9.17) is 0 Å². The molecule has 0 spiro atoms. The monoisotopic (exact) mass is 378 g/mol. The van der Waals surface area contributed by atoms with E-state index in [1.807, 2.05) is 0 Å². The molecule has 0 aromatic heterocycles. The van der Waals surface area contributed by atoms with Crippen molar-refractivity contribution < 1.29 is 28.6 Å². The molecule has 0 radical (unpaired) electrons. The summed E-state index contributed by atoms with van der Waals surface area (Å²) in [5.41, 5.74) is -3.84. The van der Waals surface area contributed by atoms with Crippen LogP contribution in [0.1, 0.15) is 33.1 Å². The second-order valence-electron chi connectivity index (χ2n) is 8.79. The molecule has 6 heteroatoms. The van der Waals surface area contributed by atoms with Crippen LogP contribution in [-0.4, -0.2) is 46.3 Å². The molecule has 0 saturated heterocycles. The number of allylic oxidation sites excluding steroid dienone is 5. The van der Waals surface area contributed by atoms with Gasteiger partial charge in [0.05, 0.1) is 6.10 Å². The van der Waals surface area contributed by atoms with Gasteiger partial charge in [0.25, 0.3) is 0 Å². The van der Waals surface area contributed by atoms with Gasteiger partial charge in [-0.3, -0.25) is 9.59 Å². The number of hydrogen-bond acceptors (Lipinski definition) is 4. The molecular formula is C21H24F2O4. The molecule has 0 bridgehead atoms. The van der Waals surface area contributed by atoms with Crippen LogP contribution >= 0.6 is 0 Å². The van der Waals surface area contributed by atoms with Gasteiger partial charge in [0, 0.05) is 16.7 Å². The number of carbonyl (C=O) groups excluding carboxylic acids is 2. The lowest BCUT2D eigenvalue weighted by Crippen LogP contribution is -2.68. The number of fused-ring (bicyclic) bond motifs is 5. The Hall–Kier alpha value is -1.66. The number of aliphatic hydroxyl groups is 2. The molecule has 0 amide bonds. The highest BCUT2D eigenvalue weighted by Gasteiger charge is 2.71. The largest absolute Gasteiger partial charge is 0.390 e. The van der Waals surface area contributed by atoms with Crippen molar-refractivity contribution >= 4 is 11.6 Å². The zero-order valence-electron chi connectivity index (χ0n) is 15.4. The number of rotatable bonds is 2. The molecule has 0 aromatic carbocycles. The number of halogens is 2. The van der Waals surface area contributed by atoms with Crippen LogP contribution in [0.25, 0.3) is 0 Å². The van der Waals surface area contributed by atoms with Crippen LogP contribution in [0.5, 0.6) is 0 Å². The summed E-state index contributed by atoms with van der Waals surface area (Å²) in [4.78, 5) is 23.9. The molecule has 27 heavy (non-hydrogen) atoms. The van der Waals surface area contributed by atoms with Crippen LogP contribution < -0.4 is 0 Å². The molecule has 7 atom stereocenters. The van der Waals surface area contributed by atoms with Gasteiger partial charge in [0.2, 0.25) is 0 Å². The molecule has 2 unspecified atom stereocenters. The quantitative estimate of drug-likeness (QED) is 0.774. The maximum Gasteiger partial charge on any atom is 0.184 e. The first-order chi connectivity index (χ1) is 12.6. The summed E-state index contributed by atoms with van der Waals surface area (Å²) in [5.74, 6) is -1.96. The zero-order chi connectivity index (χ0) is 19.8. The number of aliphatic hydroxyl groups excluding tert-OH is 2. The molecule has 146 valence electrons. The van der Waals surface area contributed by atoms with Gasteiger partial charge in [-0.15, -0.1) is 0 Å². The predicted octanol–water partition coefficient (Wildman–Crippen LogP) is 2.40. The van der Waals surface area contributed by atoms with Gasteiger partial charge >= 0.3 is 0 Å². The Morgan fingerprint density at radius 2 is 2.04 bits per heavy atom. The summed E-state index contributed by atoms with van der Waals surface area (Å²) in [6.45, 7) is 2.71. The van der Waals surface area contributed by atoms with Gasteiger partial charge < -0.3 is 10.2 Å². The maximum absolute atomic E-state index is 16.7. The summed E-state index contributed by atoms with van der Waals surface area (Å²) < 4.78 is 31.8. The predicted molar refractivity (Wildman–Crippen MR) is 94.2 cm³/mol. The lowest BCUT2D eigenvalue weighted by molar-refractivity contribution is -0.192. The molecule has 2 saturated carbocycles. The van der Waals surface area contributed by atoms with Crippen molar-refractivity contribution in [3.05, 3.63) is 35.5 Å². The highest BCUT2D eigenvalue weighted by molar-refractivity contribution is 6.01. The molecule has 0 aliphatic heterocycles. The summed E-state index contributed by atoms with van der Waals surface area (Å²) in [5, 5.41) is 20.2. The fraction of sp³-hybridized carbons (Fsp3) is 0.619. The maximum atomic E-state index is 16.7. The summed E-state index contributed by atoms with van der Waals surface area (Å²) >= 11 is 0. The van der Waals surface area contributed by atoms with Crippen molar-refractivity contribution in [1.82, 2.24) is 0 Å². The SMILES string of the molecule is C[C@]12C=CC(=O)C=C1[C@@H](F)CC1C3CC=C(C(=O)CO)[C@@]3(C)C[C@H](O)[C@@]12F. The molecule has 2 N–H and O–H groups in total. The van der Waals surface area contributed by atoms with E-state index in [0.717, 1.165) is 6.08 Å². The Kier molecular flexibility index (Phi) is 3.93. The number of hydrogen-bond donors (Lipinski definition) is 2. The van der Waals surface area contributed by atoms with Crippen molar-refractivity contribution in [1.29, 1.82) is 0 Å². The molecule has 4 rings (SSSR count). The van der Waals surface area contributed by atoms with E-state index in [-0.39, 0.29) is 30.1 Å². The van der Waals surface area contributed by atoms with Crippen molar-refractivity contribution in [2.45, 2.75) is 51.1 Å². The normalized spacial score (nSPS) is 48.3. The first-order valence-corrected chi connectivity index (χ1v) is 9.40. The average Bonchev–Trinajstić information content (AvgIpc) is 2.95. The molecule has 4 nitrogen and oxygen atoms in total. The van der Waals surface area contributed by atoms with Crippen LogP contribution in [0.2, 0.25) is 0 Å². The van der Waals surface area contributed by atoms with Crippen LogP contribution in [0.4, 0.5) is 8.78 Å². The Balaban J connectivity index is 1.82. The average molecular weight is 378 g/mol. The lowest BCUT2D eigenvalue weighted by atomic mass is 9.45. The summed E-state index contributed by atoms with van der Waals surface area (Å²) in [7, 11) is 0. The van der Waals surface area contributed by atoms with Crippen molar-refractivity contribution in [3.63, 3.8) is 0 Å². The Labute approximate surface area is 156 Å². The van der Waals surface area contributed by atoms with E-state index in [1.165, 1.54) is 12.2 Å². The number of carbonyl (C=O) groups is 2. The summed E-state index contributed by atoms with van der Waals surface area (Å²) in [6.07, 6.45) is 2.91. The fourth-order valence-corrected chi connectivity index (χ4v) is 6.29. The first kappa shape index (κ1) is 18.7. The lowest BCUT2D eigenvalue weighted by Gasteiger charge is -2.62. The van der Waals surface area contributed by atoms with Crippen LogP contribution in [0.3, 0.4) is 0 Å². The van der Waals surface area contributed by atoms with Crippen LogP contribution in [0, 0.1) is 22.7 Å².